The van der Waals surface area contributed by atoms with Crippen molar-refractivity contribution in [1.82, 2.24) is 19.9 Å². The van der Waals surface area contributed by atoms with E-state index in [9.17, 15) is 22.8 Å². The number of rotatable bonds is 7. The lowest BCUT2D eigenvalue weighted by Gasteiger charge is -2.35. The Morgan fingerprint density at radius 2 is 1.75 bits per heavy atom. The van der Waals surface area contributed by atoms with Crippen molar-refractivity contribution in [3.8, 4) is 11.6 Å². The van der Waals surface area contributed by atoms with E-state index < -0.39 is 18.9 Å². The minimum Gasteiger partial charge on any atom is -0.479 e. The lowest BCUT2D eigenvalue weighted by atomic mass is 9.73. The van der Waals surface area contributed by atoms with Gasteiger partial charge in [-0.1, -0.05) is 0 Å². The molecule has 2 aromatic heterocycles. The summed E-state index contributed by atoms with van der Waals surface area (Å²) in [6.45, 7) is 0.702. The number of hydrogen-bond donors (Lipinski definition) is 0. The lowest BCUT2D eigenvalue weighted by Crippen LogP contribution is -2.40. The van der Waals surface area contributed by atoms with Gasteiger partial charge >= 0.3 is 6.18 Å². The van der Waals surface area contributed by atoms with Gasteiger partial charge in [0.1, 0.15) is 11.6 Å². The number of amides is 2. The smallest absolute Gasteiger partial charge is 0.422 e. The van der Waals surface area contributed by atoms with Crippen LogP contribution in [-0.4, -0.2) is 70.2 Å². The van der Waals surface area contributed by atoms with Crippen LogP contribution in [0.4, 0.5) is 18.9 Å². The van der Waals surface area contributed by atoms with E-state index in [1.54, 1.807) is 17.3 Å². The van der Waals surface area contributed by atoms with E-state index in [2.05, 4.69) is 19.7 Å². The van der Waals surface area contributed by atoms with E-state index in [-0.39, 0.29) is 35.3 Å². The fourth-order valence-electron chi connectivity index (χ4n) is 4.77. The number of nitrogens with zero attached hydrogens (tertiary/aromatic N) is 5. The molecular weight excluding hydrogens is 479 g/mol. The summed E-state index contributed by atoms with van der Waals surface area (Å²) in [7, 11) is 0. The summed E-state index contributed by atoms with van der Waals surface area (Å²) in [6.07, 6.45) is 3.34. The number of anilines is 1. The van der Waals surface area contributed by atoms with E-state index in [1.165, 1.54) is 18.3 Å². The summed E-state index contributed by atoms with van der Waals surface area (Å²) in [5.41, 5.74) is 0.563. The van der Waals surface area contributed by atoms with Gasteiger partial charge in [-0.15, -0.1) is 0 Å². The number of aromatic nitrogens is 3. The van der Waals surface area contributed by atoms with Crippen LogP contribution in [0.5, 0.6) is 11.6 Å². The van der Waals surface area contributed by atoms with Gasteiger partial charge in [-0.05, 0) is 31.7 Å². The van der Waals surface area contributed by atoms with E-state index in [0.29, 0.717) is 24.5 Å². The number of likely N-dealkylation sites (tertiary alicyclic amines) is 1. The van der Waals surface area contributed by atoms with Gasteiger partial charge in [0.15, 0.2) is 12.7 Å². The second-order valence-electron chi connectivity index (χ2n) is 9.32. The molecule has 4 heterocycles. The fraction of sp³-hybridized carbons (Fsp3) is 0.542. The normalized spacial score (nSPS) is 24.1. The molecule has 1 saturated carbocycles. The molecule has 192 valence electrons. The van der Waals surface area contributed by atoms with Gasteiger partial charge in [0, 0.05) is 44.0 Å². The van der Waals surface area contributed by atoms with Crippen LogP contribution in [0.3, 0.4) is 0 Å². The third kappa shape index (κ3) is 5.36. The zero-order valence-electron chi connectivity index (χ0n) is 19.5. The molecule has 5 rings (SSSR count). The van der Waals surface area contributed by atoms with Crippen molar-refractivity contribution >= 4 is 17.5 Å². The molecule has 2 aromatic rings. The monoisotopic (exact) mass is 505 g/mol. The van der Waals surface area contributed by atoms with Gasteiger partial charge in [0.25, 0.3) is 5.91 Å². The summed E-state index contributed by atoms with van der Waals surface area (Å²) in [5.74, 6) is 0.934. The zero-order chi connectivity index (χ0) is 25.3. The van der Waals surface area contributed by atoms with Crippen molar-refractivity contribution in [1.29, 1.82) is 0 Å². The van der Waals surface area contributed by atoms with Crippen molar-refractivity contribution in [2.75, 3.05) is 31.1 Å². The molecule has 0 radical (unpaired) electrons. The number of ether oxygens (including phenoxy) is 2. The standard InChI is InChI=1S/C24H26F3N5O4/c25-24(26,27)14-35-20-4-3-18(13-28-20)36-19-5-8-32(23(19)34)17-11-29-21(30-12-17)15-9-16(10-15)22(33)31-6-1-2-7-31/h3-4,11-13,15-16,19H,1-2,5-10,14H2/t15?,16?,19-/m1/s1. The fourth-order valence-corrected chi connectivity index (χ4v) is 4.77. The maximum Gasteiger partial charge on any atom is 0.422 e. The van der Waals surface area contributed by atoms with Crippen molar-refractivity contribution in [2.24, 2.45) is 5.92 Å². The van der Waals surface area contributed by atoms with E-state index in [0.717, 1.165) is 38.8 Å². The summed E-state index contributed by atoms with van der Waals surface area (Å²) >= 11 is 0. The first kappa shape index (κ1) is 24.3. The molecule has 2 amide bonds. The molecule has 2 saturated heterocycles. The highest BCUT2D eigenvalue weighted by atomic mass is 19.4. The molecule has 9 nitrogen and oxygen atoms in total. The van der Waals surface area contributed by atoms with Crippen LogP contribution < -0.4 is 14.4 Å². The first-order valence-corrected chi connectivity index (χ1v) is 12.0. The molecular formula is C24H26F3N5O4. The van der Waals surface area contributed by atoms with Crippen LogP contribution in [0.25, 0.3) is 0 Å². The highest BCUT2D eigenvalue weighted by molar-refractivity contribution is 5.98. The van der Waals surface area contributed by atoms with Crippen LogP contribution in [0.15, 0.2) is 30.7 Å². The Kier molecular flexibility index (Phi) is 6.67. The van der Waals surface area contributed by atoms with Crippen molar-refractivity contribution in [3.63, 3.8) is 0 Å². The number of halogens is 3. The van der Waals surface area contributed by atoms with Crippen LogP contribution in [-0.2, 0) is 9.59 Å². The summed E-state index contributed by atoms with van der Waals surface area (Å²) in [6, 6.07) is 2.67. The molecule has 0 spiro atoms. The molecule has 2 aliphatic heterocycles. The van der Waals surface area contributed by atoms with E-state index >= 15 is 0 Å². The molecule has 0 N–H and O–H groups in total. The SMILES string of the molecule is O=C(C1CC(c2ncc(N3CC[C@@H](Oc4ccc(OCC(F)(F)F)nc4)C3=O)cn2)C1)N1CCCC1. The van der Waals surface area contributed by atoms with Gasteiger partial charge in [-0.2, -0.15) is 13.2 Å². The third-order valence-corrected chi connectivity index (χ3v) is 6.77. The molecule has 12 heteroatoms. The van der Waals surface area contributed by atoms with Gasteiger partial charge in [0.2, 0.25) is 11.8 Å². The molecule has 1 atom stereocenters. The van der Waals surface area contributed by atoms with Crippen LogP contribution in [0.2, 0.25) is 0 Å². The van der Waals surface area contributed by atoms with Gasteiger partial charge in [-0.3, -0.25) is 9.59 Å². The number of carbonyl (C=O) groups is 2. The second kappa shape index (κ2) is 9.90. The minimum atomic E-state index is -4.45. The number of carbonyl (C=O) groups excluding carboxylic acids is 2. The Bertz CT molecular complexity index is 1080. The van der Waals surface area contributed by atoms with Crippen molar-refractivity contribution < 1.29 is 32.2 Å². The van der Waals surface area contributed by atoms with Crippen LogP contribution >= 0.6 is 0 Å². The van der Waals surface area contributed by atoms with Gasteiger partial charge < -0.3 is 19.3 Å². The third-order valence-electron chi connectivity index (χ3n) is 6.77. The Balaban J connectivity index is 1.12. The first-order chi connectivity index (χ1) is 17.3. The average molecular weight is 505 g/mol. The predicted octanol–water partition coefficient (Wildman–Crippen LogP) is 3.11. The Morgan fingerprint density at radius 3 is 2.39 bits per heavy atom. The molecule has 0 bridgehead atoms. The maximum absolute atomic E-state index is 12.9. The van der Waals surface area contributed by atoms with Gasteiger partial charge in [0.05, 0.1) is 24.3 Å². The largest absolute Gasteiger partial charge is 0.479 e. The summed E-state index contributed by atoms with van der Waals surface area (Å²) in [5, 5.41) is 0. The Labute approximate surface area is 205 Å². The van der Waals surface area contributed by atoms with E-state index in [1.807, 2.05) is 4.90 Å². The van der Waals surface area contributed by atoms with E-state index in [4.69, 9.17) is 4.74 Å². The quantitative estimate of drug-likeness (QED) is 0.570. The first-order valence-electron chi connectivity index (χ1n) is 12.0. The minimum absolute atomic E-state index is 0.0502. The highest BCUT2D eigenvalue weighted by Crippen LogP contribution is 2.41. The number of hydrogen-bond acceptors (Lipinski definition) is 7. The molecule has 3 aliphatic rings. The van der Waals surface area contributed by atoms with Crippen LogP contribution in [0, 0.1) is 5.92 Å². The average Bonchev–Trinajstić information content (AvgIpc) is 3.49. The molecule has 0 aromatic carbocycles. The Morgan fingerprint density at radius 1 is 1.03 bits per heavy atom. The zero-order valence-corrected chi connectivity index (χ0v) is 19.5. The van der Waals surface area contributed by atoms with Crippen molar-refractivity contribution in [3.05, 3.63) is 36.5 Å². The Hall–Kier alpha value is -3.44. The molecule has 0 unspecified atom stereocenters. The predicted molar refractivity (Wildman–Crippen MR) is 120 cm³/mol. The lowest BCUT2D eigenvalue weighted by molar-refractivity contribution is -0.154. The van der Waals surface area contributed by atoms with Gasteiger partial charge in [-0.25, -0.2) is 15.0 Å². The maximum atomic E-state index is 12.9. The summed E-state index contributed by atoms with van der Waals surface area (Å²) in [4.78, 5) is 41.5. The number of pyridine rings is 1. The highest BCUT2D eigenvalue weighted by Gasteiger charge is 2.40. The van der Waals surface area contributed by atoms with Crippen molar-refractivity contribution in [2.45, 2.75) is 50.3 Å². The molecule has 36 heavy (non-hydrogen) atoms. The molecule has 1 aliphatic carbocycles. The number of alkyl halides is 3. The molecule has 3 fully saturated rings. The van der Waals surface area contributed by atoms with Crippen LogP contribution in [0.1, 0.15) is 43.8 Å². The summed E-state index contributed by atoms with van der Waals surface area (Å²) < 4.78 is 47.0. The second-order valence-corrected chi connectivity index (χ2v) is 9.32. The topological polar surface area (TPSA) is 97.8 Å².